The molecule has 0 N–H and O–H groups in total. The smallest absolute Gasteiger partial charge is 0.340 e. The molecule has 2 unspecified atom stereocenters. The molecule has 0 saturated carbocycles. The molecule has 0 bridgehead atoms. The molecule has 48 heavy (non-hydrogen) atoms. The first-order valence-electron chi connectivity index (χ1n) is 16.7. The average Bonchev–Trinajstić information content (AvgIpc) is 3.45. The maximum atomic E-state index is 13.0. The van der Waals surface area contributed by atoms with Crippen LogP contribution in [0.2, 0.25) is 0 Å². The lowest BCUT2D eigenvalue weighted by atomic mass is 10.1. The zero-order valence-corrected chi connectivity index (χ0v) is 28.1. The molecule has 258 valence electrons. The number of hydrogen-bond acceptors (Lipinski definition) is 10. The summed E-state index contributed by atoms with van der Waals surface area (Å²) < 4.78 is 21.5. The fourth-order valence-corrected chi connectivity index (χ4v) is 5.43. The van der Waals surface area contributed by atoms with E-state index in [2.05, 4.69) is 0 Å². The highest BCUT2D eigenvalue weighted by Gasteiger charge is 2.37. The number of benzene rings is 2. The highest BCUT2D eigenvalue weighted by Crippen LogP contribution is 2.27. The Kier molecular flexibility index (Phi) is 13.0. The summed E-state index contributed by atoms with van der Waals surface area (Å²) in [4.78, 5) is 79.4. The largest absolute Gasteiger partial charge is 0.432 e. The number of carbonyl (C=O) groups is 6. The van der Waals surface area contributed by atoms with Gasteiger partial charge in [0, 0.05) is 13.1 Å². The van der Waals surface area contributed by atoms with Gasteiger partial charge in [0.05, 0.1) is 46.6 Å². The van der Waals surface area contributed by atoms with Gasteiger partial charge in [0.25, 0.3) is 23.6 Å². The van der Waals surface area contributed by atoms with Gasteiger partial charge in [-0.15, -0.1) is 0 Å². The van der Waals surface area contributed by atoms with Gasteiger partial charge < -0.3 is 18.9 Å². The van der Waals surface area contributed by atoms with Gasteiger partial charge in [0.15, 0.2) is 12.6 Å². The molecular weight excluding hydrogens is 620 g/mol. The third kappa shape index (κ3) is 8.73. The summed E-state index contributed by atoms with van der Waals surface area (Å²) in [5.41, 5.74) is 1.11. The Hall–Kier alpha value is -4.42. The highest BCUT2D eigenvalue weighted by atomic mass is 16.7. The zero-order chi connectivity index (χ0) is 34.8. The second-order valence-electron chi connectivity index (χ2n) is 11.9. The number of imide groups is 2. The van der Waals surface area contributed by atoms with Crippen molar-refractivity contribution in [1.29, 1.82) is 0 Å². The lowest BCUT2D eigenvalue weighted by Gasteiger charge is -2.15. The van der Waals surface area contributed by atoms with Crippen molar-refractivity contribution in [3.63, 3.8) is 0 Å². The summed E-state index contributed by atoms with van der Waals surface area (Å²) in [5, 5.41) is 0. The monoisotopic (exact) mass is 664 g/mol. The van der Waals surface area contributed by atoms with Crippen molar-refractivity contribution < 1.29 is 47.7 Å². The van der Waals surface area contributed by atoms with Gasteiger partial charge in [-0.2, -0.15) is 0 Å². The number of fused-ring (bicyclic) bond motifs is 2. The van der Waals surface area contributed by atoms with Gasteiger partial charge in [-0.05, 0) is 75.9 Å². The molecule has 2 atom stereocenters. The van der Waals surface area contributed by atoms with Crippen molar-refractivity contribution in [1.82, 2.24) is 9.80 Å². The summed E-state index contributed by atoms with van der Waals surface area (Å²) in [6.45, 7) is 8.63. The molecule has 0 fully saturated rings. The number of amides is 4. The molecule has 0 radical (unpaired) electrons. The average molecular weight is 665 g/mol. The van der Waals surface area contributed by atoms with Crippen molar-refractivity contribution in [2.45, 2.75) is 91.6 Å². The first kappa shape index (κ1) is 36.4. The molecule has 2 aliphatic rings. The summed E-state index contributed by atoms with van der Waals surface area (Å²) in [5.74, 6) is -3.05. The van der Waals surface area contributed by atoms with E-state index in [1.54, 1.807) is 13.8 Å². The van der Waals surface area contributed by atoms with Crippen molar-refractivity contribution in [3.05, 3.63) is 69.8 Å². The molecule has 2 heterocycles. The summed E-state index contributed by atoms with van der Waals surface area (Å²) in [6, 6.07) is 8.62. The van der Waals surface area contributed by atoms with Gasteiger partial charge in [0.1, 0.15) is 0 Å². The first-order chi connectivity index (χ1) is 23.1. The Labute approximate surface area is 280 Å². The SMILES string of the molecule is CCCCOC(C)OC(=O)c1ccc2c(c1)C(=O)N(CCCCCCN1C(=O)c3ccc(C(=O)OC(C)OCCCC)cc3C1=O)C2=O. The molecule has 0 aliphatic carbocycles. The second-order valence-corrected chi connectivity index (χ2v) is 11.9. The standard InChI is InChI=1S/C36H44N2O10/c1-5-7-19-45-23(3)47-35(43)25-13-15-27-29(21-25)33(41)37(31(27)39)17-11-9-10-12-18-38-32(40)28-16-14-26(22-30(28)34(38)42)36(44)48-24(4)46-20-8-6-2/h13-16,21-24H,5-12,17-20H2,1-4H3. The van der Waals surface area contributed by atoms with E-state index in [4.69, 9.17) is 18.9 Å². The second kappa shape index (κ2) is 17.1. The number of esters is 2. The van der Waals surface area contributed by atoms with E-state index in [1.165, 1.54) is 46.2 Å². The number of ether oxygens (including phenoxy) is 4. The Morgan fingerprint density at radius 1 is 0.562 bits per heavy atom. The van der Waals surface area contributed by atoms with Gasteiger partial charge in [0.2, 0.25) is 0 Å². The van der Waals surface area contributed by atoms with Crippen LogP contribution in [0.25, 0.3) is 0 Å². The van der Waals surface area contributed by atoms with E-state index in [-0.39, 0.29) is 46.5 Å². The predicted octanol–water partition coefficient (Wildman–Crippen LogP) is 5.78. The van der Waals surface area contributed by atoms with E-state index in [0.29, 0.717) is 38.9 Å². The number of carbonyl (C=O) groups excluding carboxylic acids is 6. The zero-order valence-electron chi connectivity index (χ0n) is 28.1. The number of unbranched alkanes of at least 4 members (excludes halogenated alkanes) is 5. The maximum absolute atomic E-state index is 13.0. The highest BCUT2D eigenvalue weighted by molar-refractivity contribution is 6.22. The fraction of sp³-hybridized carbons (Fsp3) is 0.500. The molecule has 4 amide bonds. The summed E-state index contributed by atoms with van der Waals surface area (Å²) in [6.07, 6.45) is 4.47. The minimum absolute atomic E-state index is 0.158. The van der Waals surface area contributed by atoms with E-state index in [1.807, 2.05) is 13.8 Å². The molecule has 0 aromatic heterocycles. The molecule has 0 spiro atoms. The molecule has 12 heteroatoms. The van der Waals surface area contributed by atoms with Crippen LogP contribution < -0.4 is 0 Å². The van der Waals surface area contributed by atoms with E-state index in [0.717, 1.165) is 25.7 Å². The minimum atomic E-state index is -0.739. The lowest BCUT2D eigenvalue weighted by Crippen LogP contribution is -2.31. The normalized spacial score (nSPS) is 15.1. The van der Waals surface area contributed by atoms with Crippen molar-refractivity contribution in [2.24, 2.45) is 0 Å². The summed E-state index contributed by atoms with van der Waals surface area (Å²) in [7, 11) is 0. The Balaban J connectivity index is 1.21. The van der Waals surface area contributed by atoms with Crippen LogP contribution in [0.15, 0.2) is 36.4 Å². The van der Waals surface area contributed by atoms with Crippen LogP contribution in [0.1, 0.15) is 141 Å². The Morgan fingerprint density at radius 2 is 0.938 bits per heavy atom. The Bertz CT molecular complexity index is 1420. The van der Waals surface area contributed by atoms with E-state index >= 15 is 0 Å². The fourth-order valence-electron chi connectivity index (χ4n) is 5.43. The lowest BCUT2D eigenvalue weighted by molar-refractivity contribution is -0.0992. The molecule has 2 aromatic carbocycles. The van der Waals surface area contributed by atoms with Gasteiger partial charge >= 0.3 is 11.9 Å². The third-order valence-corrected chi connectivity index (χ3v) is 8.17. The van der Waals surface area contributed by atoms with Crippen molar-refractivity contribution in [2.75, 3.05) is 26.3 Å². The topological polar surface area (TPSA) is 146 Å². The third-order valence-electron chi connectivity index (χ3n) is 8.17. The van der Waals surface area contributed by atoms with Crippen LogP contribution in [0.4, 0.5) is 0 Å². The van der Waals surface area contributed by atoms with Gasteiger partial charge in [-0.25, -0.2) is 9.59 Å². The number of rotatable bonds is 19. The Morgan fingerprint density at radius 3 is 1.31 bits per heavy atom. The van der Waals surface area contributed by atoms with Crippen molar-refractivity contribution in [3.8, 4) is 0 Å². The van der Waals surface area contributed by atoms with Crippen LogP contribution in [0, 0.1) is 0 Å². The minimum Gasteiger partial charge on any atom is -0.432 e. The number of hydrogen-bond donors (Lipinski definition) is 0. The molecule has 2 aromatic rings. The van der Waals surface area contributed by atoms with Crippen LogP contribution in [0.3, 0.4) is 0 Å². The van der Waals surface area contributed by atoms with Crippen LogP contribution in [-0.4, -0.2) is 84.3 Å². The predicted molar refractivity (Wildman–Crippen MR) is 174 cm³/mol. The molecule has 2 aliphatic heterocycles. The molecule has 4 rings (SSSR count). The molecule has 12 nitrogen and oxygen atoms in total. The van der Waals surface area contributed by atoms with Crippen molar-refractivity contribution >= 4 is 35.6 Å². The molecule has 0 saturated heterocycles. The van der Waals surface area contributed by atoms with Crippen LogP contribution in [-0.2, 0) is 18.9 Å². The quantitative estimate of drug-likeness (QED) is 0.0784. The summed E-state index contributed by atoms with van der Waals surface area (Å²) >= 11 is 0. The molecular formula is C36H44N2O10. The van der Waals surface area contributed by atoms with Gasteiger partial charge in [-0.3, -0.25) is 29.0 Å². The maximum Gasteiger partial charge on any atom is 0.340 e. The van der Waals surface area contributed by atoms with Crippen LogP contribution in [0.5, 0.6) is 0 Å². The van der Waals surface area contributed by atoms with Crippen LogP contribution >= 0.6 is 0 Å². The van der Waals surface area contributed by atoms with E-state index in [9.17, 15) is 28.8 Å². The van der Waals surface area contributed by atoms with Gasteiger partial charge in [-0.1, -0.05) is 39.5 Å². The first-order valence-corrected chi connectivity index (χ1v) is 16.7. The van der Waals surface area contributed by atoms with E-state index < -0.39 is 48.1 Å². The number of nitrogens with zero attached hydrogens (tertiary/aromatic N) is 2.